The monoisotopic (exact) mass is 631 g/mol. The number of nitrogens with one attached hydrogen (secondary N) is 2. The second-order valence-electron chi connectivity index (χ2n) is 12.2. The molecule has 0 bridgehead atoms. The molecule has 3 aromatic carbocycles. The van der Waals surface area contributed by atoms with Crippen LogP contribution in [-0.2, 0) is 11.3 Å². The Morgan fingerprint density at radius 3 is 2.52 bits per heavy atom. The van der Waals surface area contributed by atoms with E-state index >= 15 is 0 Å². The number of nitrogens with zero attached hydrogens (tertiary/aromatic N) is 5. The fraction of sp³-hybridized carbons (Fsp3) is 0.250. The van der Waals surface area contributed by atoms with Crippen molar-refractivity contribution in [1.82, 2.24) is 19.7 Å². The van der Waals surface area contributed by atoms with E-state index in [4.69, 9.17) is 9.72 Å². The van der Waals surface area contributed by atoms with Crippen LogP contribution in [-0.4, -0.2) is 56.8 Å². The van der Waals surface area contributed by atoms with Gasteiger partial charge in [-0.1, -0.05) is 12.1 Å². The fourth-order valence-electron chi connectivity index (χ4n) is 5.84. The third-order valence-electron chi connectivity index (χ3n) is 8.17. The van der Waals surface area contributed by atoms with Gasteiger partial charge in [0.2, 0.25) is 0 Å². The van der Waals surface area contributed by atoms with E-state index in [1.807, 2.05) is 41.5 Å². The van der Waals surface area contributed by atoms with Crippen molar-refractivity contribution in [3.05, 3.63) is 97.0 Å². The maximum absolute atomic E-state index is 10.3. The summed E-state index contributed by atoms with van der Waals surface area (Å²) < 4.78 is 10.8. The number of morpholine rings is 1. The van der Waals surface area contributed by atoms with Crippen molar-refractivity contribution in [2.24, 2.45) is 0 Å². The summed E-state index contributed by atoms with van der Waals surface area (Å²) >= 11 is 1.60. The molecule has 1 aliphatic rings. The Kier molecular flexibility index (Phi) is 8.25. The van der Waals surface area contributed by atoms with Gasteiger partial charge in [0.1, 0.15) is 5.82 Å². The maximum Gasteiger partial charge on any atom is 0.130 e. The molecule has 3 N–H and O–H groups in total. The number of rotatable bonds is 9. The minimum absolute atomic E-state index is 0.418. The Morgan fingerprint density at radius 2 is 1.72 bits per heavy atom. The van der Waals surface area contributed by atoms with Gasteiger partial charge in [-0.25, -0.2) is 4.98 Å². The lowest BCUT2D eigenvalue weighted by atomic mass is 9.98. The van der Waals surface area contributed by atoms with E-state index in [-0.39, 0.29) is 0 Å². The molecular formula is C36H37N7O2S. The highest BCUT2D eigenvalue weighted by molar-refractivity contribution is 8.00. The lowest BCUT2D eigenvalue weighted by Crippen LogP contribution is -2.36. The van der Waals surface area contributed by atoms with E-state index in [9.17, 15) is 5.11 Å². The average molecular weight is 632 g/mol. The second kappa shape index (κ2) is 12.6. The molecule has 4 heterocycles. The van der Waals surface area contributed by atoms with E-state index in [1.165, 1.54) is 5.69 Å². The molecule has 3 aromatic heterocycles. The van der Waals surface area contributed by atoms with Crippen molar-refractivity contribution < 1.29 is 9.84 Å². The topological polar surface area (TPSA) is 100 Å². The van der Waals surface area contributed by atoms with Crippen LogP contribution in [0.4, 0.5) is 22.9 Å². The zero-order valence-corrected chi connectivity index (χ0v) is 27.0. The van der Waals surface area contributed by atoms with Crippen LogP contribution in [0.25, 0.3) is 32.9 Å². The fourth-order valence-corrected chi connectivity index (χ4v) is 6.54. The molecule has 1 saturated heterocycles. The first-order valence-electron chi connectivity index (χ1n) is 15.5. The van der Waals surface area contributed by atoms with E-state index in [2.05, 4.69) is 86.5 Å². The van der Waals surface area contributed by atoms with Gasteiger partial charge in [-0.3, -0.25) is 9.67 Å². The Balaban J connectivity index is 1.07. The first-order chi connectivity index (χ1) is 22.3. The molecular weight excluding hydrogens is 595 g/mol. The van der Waals surface area contributed by atoms with Crippen LogP contribution in [0.1, 0.15) is 19.4 Å². The molecule has 9 nitrogen and oxygen atoms in total. The van der Waals surface area contributed by atoms with Crippen LogP contribution in [0.15, 0.2) is 96.3 Å². The molecule has 1 fully saturated rings. The summed E-state index contributed by atoms with van der Waals surface area (Å²) in [5.74, 6) is 0.744. The van der Waals surface area contributed by atoms with E-state index in [0.29, 0.717) is 6.54 Å². The zero-order chi connectivity index (χ0) is 31.7. The van der Waals surface area contributed by atoms with Crippen LogP contribution in [0, 0.1) is 6.92 Å². The summed E-state index contributed by atoms with van der Waals surface area (Å²) in [6.45, 7) is 9.50. The Labute approximate surface area is 272 Å². The number of anilines is 4. The van der Waals surface area contributed by atoms with Gasteiger partial charge < -0.3 is 24.8 Å². The number of ether oxygens (including phenoxy) is 1. The van der Waals surface area contributed by atoms with Gasteiger partial charge in [-0.05, 0) is 98.9 Å². The zero-order valence-electron chi connectivity index (χ0n) is 26.2. The first-order valence-corrected chi connectivity index (χ1v) is 16.3. The predicted octanol–water partition coefficient (Wildman–Crippen LogP) is 7.43. The summed E-state index contributed by atoms with van der Waals surface area (Å²) in [5.41, 5.74) is 6.36. The third-order valence-corrected chi connectivity index (χ3v) is 9.00. The van der Waals surface area contributed by atoms with Crippen LogP contribution < -0.4 is 14.9 Å². The smallest absolute Gasteiger partial charge is 0.130 e. The molecule has 46 heavy (non-hydrogen) atoms. The SMILES string of the molecule is Cc1c(-c2nccc3cnc(Nc4ccc(NSc5cccc(N6CCOCC6)c5)cc4)cc23)ccc2c1cnn2CC(C)(C)O. The normalized spacial score (nSPS) is 13.8. The maximum atomic E-state index is 10.3. The van der Waals surface area contributed by atoms with Crippen molar-refractivity contribution >= 4 is 56.5 Å². The van der Waals surface area contributed by atoms with Gasteiger partial charge >= 0.3 is 0 Å². The highest BCUT2D eigenvalue weighted by atomic mass is 32.2. The van der Waals surface area contributed by atoms with E-state index < -0.39 is 5.60 Å². The molecule has 0 aliphatic carbocycles. The highest BCUT2D eigenvalue weighted by Crippen LogP contribution is 2.34. The largest absolute Gasteiger partial charge is 0.389 e. The quantitative estimate of drug-likeness (QED) is 0.141. The molecule has 6 aromatic rings. The van der Waals surface area contributed by atoms with Crippen molar-refractivity contribution in [3.8, 4) is 11.3 Å². The molecule has 0 amide bonds. The minimum Gasteiger partial charge on any atom is -0.389 e. The molecule has 7 rings (SSSR count). The van der Waals surface area contributed by atoms with Crippen LogP contribution in [0.3, 0.4) is 0 Å². The van der Waals surface area contributed by atoms with Crippen molar-refractivity contribution in [2.75, 3.05) is 41.2 Å². The van der Waals surface area contributed by atoms with Crippen LogP contribution in [0.5, 0.6) is 0 Å². The van der Waals surface area contributed by atoms with Gasteiger partial charge in [0.05, 0.1) is 42.8 Å². The molecule has 0 radical (unpaired) electrons. The first kappa shape index (κ1) is 30.0. The number of pyridine rings is 2. The average Bonchev–Trinajstić information content (AvgIpc) is 3.47. The molecule has 0 saturated carbocycles. The molecule has 234 valence electrons. The summed E-state index contributed by atoms with van der Waals surface area (Å²) in [6.07, 6.45) is 5.59. The van der Waals surface area contributed by atoms with Crippen molar-refractivity contribution in [1.29, 1.82) is 0 Å². The number of hydrogen-bond acceptors (Lipinski definition) is 9. The molecule has 0 atom stereocenters. The van der Waals surface area contributed by atoms with Crippen molar-refractivity contribution in [2.45, 2.75) is 37.8 Å². The van der Waals surface area contributed by atoms with Gasteiger partial charge in [0.25, 0.3) is 0 Å². The number of fused-ring (bicyclic) bond motifs is 2. The lowest BCUT2D eigenvalue weighted by Gasteiger charge is -2.29. The predicted molar refractivity (Wildman–Crippen MR) is 188 cm³/mol. The standard InChI is InChI=1S/C36H37N7O2S/c1-24-30(11-12-33-32(24)22-39-43(33)23-36(2,3)44)35-31-20-34(38-21-25(31)13-14-37-35)40-26-7-9-27(10-8-26)41-46-29-6-4-5-28(19-29)42-15-17-45-18-16-42/h4-14,19-22,41,44H,15-18,23H2,1-3H3,(H,38,40). The molecule has 0 unspecified atom stereocenters. The van der Waals surface area contributed by atoms with Gasteiger partial charge in [0, 0.05) is 69.2 Å². The third kappa shape index (κ3) is 6.50. The Bertz CT molecular complexity index is 2000. The second-order valence-corrected chi connectivity index (χ2v) is 13.1. The summed E-state index contributed by atoms with van der Waals surface area (Å²) in [5, 5.41) is 21.4. The number of aryl methyl sites for hydroxylation is 1. The van der Waals surface area contributed by atoms with Gasteiger partial charge in [0.15, 0.2) is 0 Å². The number of aromatic nitrogens is 4. The highest BCUT2D eigenvalue weighted by Gasteiger charge is 2.18. The van der Waals surface area contributed by atoms with Gasteiger partial charge in [-0.2, -0.15) is 5.10 Å². The molecule has 1 aliphatic heterocycles. The lowest BCUT2D eigenvalue weighted by molar-refractivity contribution is 0.0591. The van der Waals surface area contributed by atoms with Gasteiger partial charge in [-0.15, -0.1) is 0 Å². The van der Waals surface area contributed by atoms with E-state index in [0.717, 1.165) is 86.9 Å². The Morgan fingerprint density at radius 1 is 0.913 bits per heavy atom. The number of hydrogen-bond donors (Lipinski definition) is 3. The molecule has 0 spiro atoms. The summed E-state index contributed by atoms with van der Waals surface area (Å²) in [4.78, 5) is 13.0. The van der Waals surface area contributed by atoms with Crippen LogP contribution >= 0.6 is 11.9 Å². The summed E-state index contributed by atoms with van der Waals surface area (Å²) in [7, 11) is 0. The van der Waals surface area contributed by atoms with Crippen molar-refractivity contribution in [3.63, 3.8) is 0 Å². The number of aliphatic hydroxyl groups is 1. The minimum atomic E-state index is -0.856. The van der Waals surface area contributed by atoms with E-state index in [1.54, 1.807) is 25.8 Å². The summed E-state index contributed by atoms with van der Waals surface area (Å²) in [6, 6.07) is 25.0. The molecule has 10 heteroatoms. The van der Waals surface area contributed by atoms with Crippen LogP contribution in [0.2, 0.25) is 0 Å². The Hall–Kier alpha value is -4.64. The number of benzene rings is 3.